The number of halogens is 2. The summed E-state index contributed by atoms with van der Waals surface area (Å²) in [6.45, 7) is 3.14. The smallest absolute Gasteiger partial charge is 0.240 e. The van der Waals surface area contributed by atoms with Crippen molar-refractivity contribution in [3.63, 3.8) is 0 Å². The van der Waals surface area contributed by atoms with E-state index in [2.05, 4.69) is 10.1 Å². The minimum Gasteiger partial charge on any atom is -0.338 e. The number of aromatic nitrogens is 2. The Morgan fingerprint density at radius 1 is 1.25 bits per heavy atom. The molecule has 0 aliphatic rings. The molecule has 0 bridgehead atoms. The Morgan fingerprint density at radius 3 is 2.50 bits per heavy atom. The normalized spacial score (nSPS) is 11.2. The maximum atomic E-state index is 13.6. The molecule has 1 aromatic carbocycles. The molecule has 1 aromatic heterocycles. The fourth-order valence-electron chi connectivity index (χ4n) is 1.82. The van der Waals surface area contributed by atoms with Crippen molar-refractivity contribution in [2.24, 2.45) is 5.73 Å². The van der Waals surface area contributed by atoms with Crippen LogP contribution in [-0.4, -0.2) is 21.6 Å². The van der Waals surface area contributed by atoms with Crippen molar-refractivity contribution >= 4 is 0 Å². The van der Waals surface area contributed by atoms with Crippen LogP contribution < -0.4 is 5.73 Å². The summed E-state index contributed by atoms with van der Waals surface area (Å²) in [5.74, 6) is -0.324. The van der Waals surface area contributed by atoms with Gasteiger partial charge in [0, 0.05) is 12.1 Å². The number of benzene rings is 1. The summed E-state index contributed by atoms with van der Waals surface area (Å²) < 4.78 is 32.1. The van der Waals surface area contributed by atoms with Crippen LogP contribution in [-0.2, 0) is 19.6 Å². The fourth-order valence-corrected chi connectivity index (χ4v) is 1.82. The lowest BCUT2D eigenvalue weighted by Crippen LogP contribution is -2.24. The van der Waals surface area contributed by atoms with Crippen LogP contribution in [0.3, 0.4) is 0 Å². The minimum absolute atomic E-state index is 0.0388. The van der Waals surface area contributed by atoms with Crippen LogP contribution in [0.15, 0.2) is 22.7 Å². The molecule has 0 saturated heterocycles. The van der Waals surface area contributed by atoms with Crippen LogP contribution in [0.4, 0.5) is 8.78 Å². The molecule has 0 fully saturated rings. The Morgan fingerprint density at radius 2 is 1.95 bits per heavy atom. The Hall–Kier alpha value is -1.86. The van der Waals surface area contributed by atoms with Crippen molar-refractivity contribution in [1.82, 2.24) is 15.0 Å². The molecule has 108 valence electrons. The summed E-state index contributed by atoms with van der Waals surface area (Å²) >= 11 is 0. The summed E-state index contributed by atoms with van der Waals surface area (Å²) in [6, 6.07) is 3.83. The van der Waals surface area contributed by atoms with Gasteiger partial charge in [0.15, 0.2) is 5.82 Å². The van der Waals surface area contributed by atoms with Gasteiger partial charge in [0.1, 0.15) is 11.6 Å². The first-order valence-corrected chi connectivity index (χ1v) is 6.30. The maximum Gasteiger partial charge on any atom is 0.240 e. The molecule has 1 heterocycles. The molecule has 0 spiro atoms. The first kappa shape index (κ1) is 14.5. The third-order valence-corrected chi connectivity index (χ3v) is 2.94. The van der Waals surface area contributed by atoms with Gasteiger partial charge in [0.2, 0.25) is 5.89 Å². The molecule has 0 radical (unpaired) electrons. The van der Waals surface area contributed by atoms with Gasteiger partial charge in [-0.3, -0.25) is 4.90 Å². The van der Waals surface area contributed by atoms with Crippen molar-refractivity contribution in [2.45, 2.75) is 26.6 Å². The molecular formula is C13H16F2N4O. The molecule has 0 saturated carbocycles. The van der Waals surface area contributed by atoms with E-state index in [-0.39, 0.29) is 18.7 Å². The number of nitrogens with zero attached hydrogens (tertiary/aromatic N) is 3. The third-order valence-electron chi connectivity index (χ3n) is 2.94. The highest BCUT2D eigenvalue weighted by Crippen LogP contribution is 2.15. The highest BCUT2D eigenvalue weighted by Gasteiger charge is 2.15. The largest absolute Gasteiger partial charge is 0.338 e. The highest BCUT2D eigenvalue weighted by atomic mass is 19.1. The Bertz CT molecular complexity index is 553. The topological polar surface area (TPSA) is 68.2 Å². The van der Waals surface area contributed by atoms with Gasteiger partial charge < -0.3 is 10.3 Å². The second-order valence-corrected chi connectivity index (χ2v) is 4.31. The van der Waals surface area contributed by atoms with E-state index in [4.69, 9.17) is 10.3 Å². The van der Waals surface area contributed by atoms with E-state index in [9.17, 15) is 8.78 Å². The SMILES string of the molecule is CCN(Cc1noc(CN)n1)Cc1c(F)cccc1F. The van der Waals surface area contributed by atoms with Gasteiger partial charge >= 0.3 is 0 Å². The van der Waals surface area contributed by atoms with E-state index in [0.717, 1.165) is 0 Å². The Labute approximate surface area is 115 Å². The predicted octanol–water partition coefficient (Wildman–Crippen LogP) is 1.83. The van der Waals surface area contributed by atoms with Crippen molar-refractivity contribution in [3.05, 3.63) is 47.1 Å². The van der Waals surface area contributed by atoms with Crippen LogP contribution in [0.5, 0.6) is 0 Å². The summed E-state index contributed by atoms with van der Waals surface area (Å²) in [5, 5.41) is 3.77. The standard InChI is InChI=1S/C13H16F2N4O/c1-2-19(8-12-17-13(6-16)20-18-12)7-9-10(14)4-3-5-11(9)15/h3-5H,2,6-8,16H2,1H3. The fraction of sp³-hybridized carbons (Fsp3) is 0.385. The summed E-state index contributed by atoms with van der Waals surface area (Å²) in [7, 11) is 0. The third kappa shape index (κ3) is 3.37. The summed E-state index contributed by atoms with van der Waals surface area (Å²) in [4.78, 5) is 5.88. The maximum absolute atomic E-state index is 13.6. The van der Waals surface area contributed by atoms with Crippen molar-refractivity contribution < 1.29 is 13.3 Å². The number of hydrogen-bond acceptors (Lipinski definition) is 5. The van der Waals surface area contributed by atoms with Crippen LogP contribution in [0.1, 0.15) is 24.2 Å². The van der Waals surface area contributed by atoms with Crippen LogP contribution in [0.25, 0.3) is 0 Å². The van der Waals surface area contributed by atoms with Gasteiger partial charge in [0.25, 0.3) is 0 Å². The van der Waals surface area contributed by atoms with Gasteiger partial charge in [-0.25, -0.2) is 8.78 Å². The van der Waals surface area contributed by atoms with E-state index in [1.165, 1.54) is 18.2 Å². The van der Waals surface area contributed by atoms with Gasteiger partial charge in [0.05, 0.1) is 13.1 Å². The number of nitrogens with two attached hydrogens (primary N) is 1. The quantitative estimate of drug-likeness (QED) is 0.875. The van der Waals surface area contributed by atoms with Crippen LogP contribution in [0, 0.1) is 11.6 Å². The predicted molar refractivity (Wildman–Crippen MR) is 68.3 cm³/mol. The molecule has 5 nitrogen and oxygen atoms in total. The molecule has 2 aromatic rings. The molecule has 0 amide bonds. The van der Waals surface area contributed by atoms with Gasteiger partial charge in [-0.2, -0.15) is 4.98 Å². The zero-order valence-corrected chi connectivity index (χ0v) is 11.1. The lowest BCUT2D eigenvalue weighted by atomic mass is 10.2. The van der Waals surface area contributed by atoms with Crippen LogP contribution in [0.2, 0.25) is 0 Å². The van der Waals surface area contributed by atoms with E-state index >= 15 is 0 Å². The van der Waals surface area contributed by atoms with E-state index < -0.39 is 11.6 Å². The van der Waals surface area contributed by atoms with E-state index in [1.54, 1.807) is 0 Å². The van der Waals surface area contributed by atoms with Crippen molar-refractivity contribution in [3.8, 4) is 0 Å². The number of rotatable bonds is 6. The Kier molecular flexibility index (Phi) is 4.75. The monoisotopic (exact) mass is 282 g/mol. The molecule has 7 heteroatoms. The zero-order chi connectivity index (χ0) is 14.5. The van der Waals surface area contributed by atoms with Crippen molar-refractivity contribution in [1.29, 1.82) is 0 Å². The molecular weight excluding hydrogens is 266 g/mol. The van der Waals surface area contributed by atoms with E-state index in [1.807, 2.05) is 11.8 Å². The molecule has 0 atom stereocenters. The summed E-state index contributed by atoms with van der Waals surface area (Å²) in [5.41, 5.74) is 5.42. The van der Waals surface area contributed by atoms with Crippen LogP contribution >= 0.6 is 0 Å². The molecule has 0 aliphatic carbocycles. The van der Waals surface area contributed by atoms with E-state index in [0.29, 0.717) is 24.8 Å². The summed E-state index contributed by atoms with van der Waals surface area (Å²) in [6.07, 6.45) is 0. The van der Waals surface area contributed by atoms with Gasteiger partial charge in [-0.15, -0.1) is 0 Å². The van der Waals surface area contributed by atoms with Crippen molar-refractivity contribution in [2.75, 3.05) is 6.54 Å². The molecule has 0 aliphatic heterocycles. The number of hydrogen-bond donors (Lipinski definition) is 1. The van der Waals surface area contributed by atoms with Gasteiger partial charge in [-0.05, 0) is 18.7 Å². The zero-order valence-electron chi connectivity index (χ0n) is 11.1. The lowest BCUT2D eigenvalue weighted by Gasteiger charge is -2.19. The average molecular weight is 282 g/mol. The van der Waals surface area contributed by atoms with Gasteiger partial charge in [-0.1, -0.05) is 18.1 Å². The molecule has 20 heavy (non-hydrogen) atoms. The average Bonchev–Trinajstić information content (AvgIpc) is 2.89. The Balaban J connectivity index is 2.09. The first-order chi connectivity index (χ1) is 9.63. The second kappa shape index (κ2) is 6.53. The highest BCUT2D eigenvalue weighted by molar-refractivity contribution is 5.19. The minimum atomic E-state index is -0.556. The molecule has 0 unspecified atom stereocenters. The molecule has 2 rings (SSSR count). The molecule has 2 N–H and O–H groups in total. The first-order valence-electron chi connectivity index (χ1n) is 6.30. The second-order valence-electron chi connectivity index (χ2n) is 4.31. The lowest BCUT2D eigenvalue weighted by molar-refractivity contribution is 0.251.